The molecule has 1 spiro atoms. The molecule has 174 valence electrons. The van der Waals surface area contributed by atoms with Gasteiger partial charge in [0.25, 0.3) is 16.6 Å². The van der Waals surface area contributed by atoms with Crippen LogP contribution in [-0.4, -0.2) is 94.8 Å². The van der Waals surface area contributed by atoms with E-state index in [0.29, 0.717) is 19.6 Å². The average molecular weight is 468 g/mol. The summed E-state index contributed by atoms with van der Waals surface area (Å²) in [6.07, 6.45) is 5.52. The summed E-state index contributed by atoms with van der Waals surface area (Å²) in [4.78, 5) is 13.9. The second-order valence-electron chi connectivity index (χ2n) is 8.48. The first-order valence-corrected chi connectivity index (χ1v) is 11.9. The number of fused-ring (bicyclic) bond motifs is 1. The molecule has 10 nitrogen and oxygen atoms in total. The van der Waals surface area contributed by atoms with Crippen molar-refractivity contribution in [2.75, 3.05) is 44.7 Å². The smallest absolute Gasteiger partial charge is 0.282 e. The fourth-order valence-electron chi connectivity index (χ4n) is 4.50. The molecule has 0 radical (unpaired) electrons. The summed E-state index contributed by atoms with van der Waals surface area (Å²) in [7, 11) is -2.21. The van der Waals surface area contributed by atoms with Gasteiger partial charge in [-0.3, -0.25) is 0 Å². The first-order chi connectivity index (χ1) is 15.3. The Hall–Kier alpha value is -2.35. The number of hydrogen-bond donors (Lipinski definition) is 1. The lowest BCUT2D eigenvalue weighted by atomic mass is 10.2. The molecule has 1 saturated carbocycles. The Kier molecular flexibility index (Phi) is 5.31. The maximum Gasteiger partial charge on any atom is 0.282 e. The summed E-state index contributed by atoms with van der Waals surface area (Å²) in [6, 6.07) is 1.45. The molecule has 0 amide bonds. The summed E-state index contributed by atoms with van der Waals surface area (Å²) in [5.41, 5.74) is 4.45. The van der Waals surface area contributed by atoms with Crippen LogP contribution in [0.5, 0.6) is 0 Å². The molecule has 3 aliphatic rings. The van der Waals surface area contributed by atoms with Gasteiger partial charge >= 0.3 is 0 Å². The first kappa shape index (κ1) is 21.5. The molecular formula is C19H25F2N8O2S-. The van der Waals surface area contributed by atoms with E-state index in [2.05, 4.69) is 25.3 Å². The molecule has 0 bridgehead atoms. The van der Waals surface area contributed by atoms with Gasteiger partial charge in [0.2, 0.25) is 0 Å². The van der Waals surface area contributed by atoms with E-state index < -0.39 is 34.8 Å². The number of nitrogens with zero attached hydrogens (tertiary/aromatic N) is 7. The number of H-pyrrole nitrogens is 1. The lowest BCUT2D eigenvalue weighted by Crippen LogP contribution is -2.60. The van der Waals surface area contributed by atoms with Crippen LogP contribution in [0.3, 0.4) is 0 Å². The number of hydrogen-bond acceptors (Lipinski definition) is 6. The Labute approximate surface area is 185 Å². The number of rotatable bonds is 7. The van der Waals surface area contributed by atoms with Gasteiger partial charge in [-0.15, -0.1) is 0 Å². The molecule has 2 fully saturated rings. The Morgan fingerprint density at radius 1 is 1.34 bits per heavy atom. The van der Waals surface area contributed by atoms with E-state index in [1.165, 1.54) is 28.9 Å². The second-order valence-corrected chi connectivity index (χ2v) is 10.4. The van der Waals surface area contributed by atoms with Crippen LogP contribution in [0.2, 0.25) is 0 Å². The molecule has 1 N–H and O–H groups in total. The van der Waals surface area contributed by atoms with Crippen LogP contribution >= 0.6 is 0 Å². The third kappa shape index (κ3) is 3.83. The van der Waals surface area contributed by atoms with Crippen molar-refractivity contribution in [3.05, 3.63) is 36.3 Å². The van der Waals surface area contributed by atoms with Crippen molar-refractivity contribution in [2.45, 2.75) is 30.8 Å². The minimum atomic E-state index is -3.73. The molecule has 13 heteroatoms. The van der Waals surface area contributed by atoms with Gasteiger partial charge in [0.15, 0.2) is 0 Å². The molecule has 1 aliphatic carbocycles. The van der Waals surface area contributed by atoms with E-state index >= 15 is 0 Å². The van der Waals surface area contributed by atoms with E-state index in [-0.39, 0.29) is 6.54 Å². The van der Waals surface area contributed by atoms with E-state index in [9.17, 15) is 17.2 Å². The van der Waals surface area contributed by atoms with Gasteiger partial charge < -0.3 is 20.3 Å². The number of likely N-dealkylation sites (N-methyl/N-ethyl adjacent to an activating group) is 1. The van der Waals surface area contributed by atoms with Gasteiger partial charge in [0, 0.05) is 39.4 Å². The molecule has 2 aromatic heterocycles. The highest BCUT2D eigenvalue weighted by molar-refractivity contribution is 7.86. The summed E-state index contributed by atoms with van der Waals surface area (Å²) in [5.74, 6) is 0.807. The van der Waals surface area contributed by atoms with Crippen molar-refractivity contribution in [3.8, 4) is 0 Å². The minimum Gasteiger partial charge on any atom is -0.561 e. The van der Waals surface area contributed by atoms with E-state index in [1.807, 2.05) is 12.3 Å². The fourth-order valence-corrected chi connectivity index (χ4v) is 6.22. The van der Waals surface area contributed by atoms with Crippen LogP contribution in [0.1, 0.15) is 12.8 Å². The molecule has 5 rings (SSSR count). The highest BCUT2D eigenvalue weighted by Crippen LogP contribution is 2.47. The second kappa shape index (κ2) is 7.90. The van der Waals surface area contributed by atoms with Gasteiger partial charge in [-0.05, 0) is 25.1 Å². The van der Waals surface area contributed by atoms with Gasteiger partial charge in [-0.2, -0.15) is 17.0 Å². The molecule has 32 heavy (non-hydrogen) atoms. The van der Waals surface area contributed by atoms with Crippen molar-refractivity contribution in [1.29, 1.82) is 0 Å². The zero-order valence-electron chi connectivity index (χ0n) is 17.6. The number of aromatic nitrogens is 3. The third-order valence-electron chi connectivity index (χ3n) is 6.27. The highest BCUT2D eigenvalue weighted by Gasteiger charge is 2.56. The van der Waals surface area contributed by atoms with Crippen molar-refractivity contribution >= 4 is 27.1 Å². The number of halogens is 2. The van der Waals surface area contributed by atoms with Crippen LogP contribution < -0.4 is 4.90 Å². The zero-order chi connectivity index (χ0) is 22.5. The van der Waals surface area contributed by atoms with Crippen LogP contribution in [0.15, 0.2) is 30.9 Å². The molecule has 1 atom stereocenters. The van der Waals surface area contributed by atoms with Crippen molar-refractivity contribution in [1.82, 2.24) is 28.6 Å². The molecular weight excluding hydrogens is 442 g/mol. The summed E-state index contributed by atoms with van der Waals surface area (Å²) >= 11 is 0. The minimum absolute atomic E-state index is 0.102. The average Bonchev–Trinajstić information content (AvgIpc) is 3.14. The quantitative estimate of drug-likeness (QED) is 0.663. The molecule has 0 aromatic carbocycles. The van der Waals surface area contributed by atoms with Gasteiger partial charge in [0.1, 0.15) is 17.8 Å². The van der Waals surface area contributed by atoms with Crippen molar-refractivity contribution < 1.29 is 17.2 Å². The Morgan fingerprint density at radius 2 is 2.16 bits per heavy atom. The van der Waals surface area contributed by atoms with E-state index in [1.54, 1.807) is 10.4 Å². The van der Waals surface area contributed by atoms with Crippen LogP contribution in [0.4, 0.5) is 14.6 Å². The monoisotopic (exact) mass is 467 g/mol. The van der Waals surface area contributed by atoms with Crippen molar-refractivity contribution in [3.63, 3.8) is 0 Å². The standard InChI is InChI=1S/C19H25F2N8O2S/c1-26(10-14-3-7-28(25-14)11-16(20)21)32(30,31)29-9-8-27(12-19(29)4-5-19)18-15-2-6-22-17(15)23-13-24-18/h2-3,6-7,13-14,16H,4-5,8-12H2,1H3,(H,22,23,24)/q-1. The molecule has 1 unspecified atom stereocenters. The van der Waals surface area contributed by atoms with Crippen LogP contribution in [-0.2, 0) is 10.2 Å². The summed E-state index contributed by atoms with van der Waals surface area (Å²) < 4.78 is 54.8. The lowest BCUT2D eigenvalue weighted by Gasteiger charge is -2.44. The SMILES string of the molecule is CN(CC1C=CN(CC(F)F)[N-]1)S(=O)(=O)N1CCN(c2ncnc3[nH]ccc23)CC12CC2. The predicted molar refractivity (Wildman–Crippen MR) is 115 cm³/mol. The molecule has 1 saturated heterocycles. The lowest BCUT2D eigenvalue weighted by molar-refractivity contribution is 0.120. The van der Waals surface area contributed by atoms with Crippen molar-refractivity contribution in [2.24, 2.45) is 0 Å². The Bertz CT molecular complexity index is 1120. The molecule has 2 aliphatic heterocycles. The Morgan fingerprint density at radius 3 is 2.91 bits per heavy atom. The van der Waals surface area contributed by atoms with Crippen LogP contribution in [0, 0.1) is 0 Å². The van der Waals surface area contributed by atoms with Crippen LogP contribution in [0.25, 0.3) is 16.5 Å². The van der Waals surface area contributed by atoms with E-state index in [0.717, 1.165) is 29.7 Å². The van der Waals surface area contributed by atoms with Gasteiger partial charge in [-0.1, -0.05) is 12.1 Å². The maximum absolute atomic E-state index is 13.4. The largest absolute Gasteiger partial charge is 0.561 e. The topological polar surface area (TPSA) is 103 Å². The normalized spacial score (nSPS) is 23.3. The zero-order valence-corrected chi connectivity index (χ0v) is 18.4. The number of aromatic amines is 1. The predicted octanol–water partition coefficient (Wildman–Crippen LogP) is 1.54. The number of nitrogens with one attached hydrogen (secondary N) is 1. The highest BCUT2D eigenvalue weighted by atomic mass is 32.2. The number of anilines is 1. The van der Waals surface area contributed by atoms with E-state index in [4.69, 9.17) is 0 Å². The van der Waals surface area contributed by atoms with Gasteiger partial charge in [0.05, 0.1) is 17.5 Å². The van der Waals surface area contributed by atoms with Gasteiger partial charge in [-0.25, -0.2) is 18.7 Å². The molecule has 4 heterocycles. The fraction of sp³-hybridized carbons (Fsp3) is 0.579. The number of alkyl halides is 2. The molecule has 2 aromatic rings. The first-order valence-electron chi connectivity index (χ1n) is 10.5. The summed E-state index contributed by atoms with van der Waals surface area (Å²) in [5, 5.41) is 2.08. The number of piperazine rings is 1. The summed E-state index contributed by atoms with van der Waals surface area (Å²) in [6.45, 7) is 1.03. The Balaban J connectivity index is 1.27. The maximum atomic E-state index is 13.4. The third-order valence-corrected chi connectivity index (χ3v) is 8.33.